The second-order valence-corrected chi connectivity index (χ2v) is 7.92. The normalized spacial score (nSPS) is 17.7. The van der Waals surface area contributed by atoms with Gasteiger partial charge in [0.2, 0.25) is 5.91 Å². The summed E-state index contributed by atoms with van der Waals surface area (Å²) in [6, 6.07) is 12.5. The maximum atomic E-state index is 11.7. The van der Waals surface area contributed by atoms with Crippen molar-refractivity contribution in [2.75, 3.05) is 0 Å². The molecule has 1 atom stereocenters. The maximum absolute atomic E-state index is 11.7. The molecule has 0 radical (unpaired) electrons. The lowest BCUT2D eigenvalue weighted by molar-refractivity contribution is -0.138. The summed E-state index contributed by atoms with van der Waals surface area (Å²) in [6.45, 7) is 0.291. The van der Waals surface area contributed by atoms with Crippen LogP contribution in [0.2, 0.25) is 10.0 Å². The fourth-order valence-electron chi connectivity index (χ4n) is 2.40. The van der Waals surface area contributed by atoms with Crippen molar-refractivity contribution in [3.05, 3.63) is 63.6 Å². The minimum atomic E-state index is -1.05. The molecule has 1 saturated heterocycles. The van der Waals surface area contributed by atoms with Gasteiger partial charge >= 0.3 is 5.97 Å². The van der Waals surface area contributed by atoms with Crippen molar-refractivity contribution in [2.45, 2.75) is 18.3 Å². The van der Waals surface area contributed by atoms with Crippen LogP contribution in [-0.2, 0) is 16.2 Å². The quantitative estimate of drug-likeness (QED) is 0.489. The molecule has 7 nitrogen and oxygen atoms in total. The predicted octanol–water partition coefficient (Wildman–Crippen LogP) is 3.97. The van der Waals surface area contributed by atoms with Gasteiger partial charge in [-0.1, -0.05) is 53.2 Å². The summed E-state index contributed by atoms with van der Waals surface area (Å²) in [5.41, 5.74) is 1.55. The van der Waals surface area contributed by atoms with Gasteiger partial charge in [-0.05, 0) is 29.8 Å². The van der Waals surface area contributed by atoms with Gasteiger partial charge in [-0.2, -0.15) is 5.10 Å². The number of carbonyl (C=O) groups excluding carboxylic acids is 1. The topological polar surface area (TPSA) is 100 Å². The van der Waals surface area contributed by atoms with E-state index in [1.54, 1.807) is 18.2 Å². The monoisotopic (exact) mass is 451 g/mol. The third-order valence-electron chi connectivity index (χ3n) is 3.78. The number of benzene rings is 2. The van der Waals surface area contributed by atoms with E-state index in [1.165, 1.54) is 6.21 Å². The van der Waals surface area contributed by atoms with Crippen LogP contribution in [0.15, 0.2) is 52.7 Å². The number of rotatable bonds is 7. The smallest absolute Gasteiger partial charge is 0.305 e. The first-order valence-corrected chi connectivity index (χ1v) is 10.0. The molecule has 1 amide bonds. The number of hydrogen-bond acceptors (Lipinski definition) is 6. The van der Waals surface area contributed by atoms with Crippen LogP contribution in [-0.4, -0.2) is 33.6 Å². The SMILES string of the molecule is O=C(O)CC1SC(=NN=Cc2ccccc2OCc2ccc(Cl)c(Cl)c2)NC1=O. The van der Waals surface area contributed by atoms with E-state index in [9.17, 15) is 9.59 Å². The number of carbonyl (C=O) groups is 2. The van der Waals surface area contributed by atoms with Crippen molar-refractivity contribution in [3.63, 3.8) is 0 Å². The van der Waals surface area contributed by atoms with Gasteiger partial charge in [0.25, 0.3) is 0 Å². The molecule has 1 aliphatic rings. The van der Waals surface area contributed by atoms with Gasteiger partial charge in [0.05, 0.1) is 22.7 Å². The van der Waals surface area contributed by atoms with Crippen molar-refractivity contribution in [3.8, 4) is 5.75 Å². The van der Waals surface area contributed by atoms with Gasteiger partial charge in [0.15, 0.2) is 5.17 Å². The molecule has 29 heavy (non-hydrogen) atoms. The number of aliphatic carboxylic acids is 1. The number of thioether (sulfide) groups is 1. The first-order valence-electron chi connectivity index (χ1n) is 8.38. The Labute approximate surface area is 180 Å². The third kappa shape index (κ3) is 5.96. The van der Waals surface area contributed by atoms with E-state index in [2.05, 4.69) is 15.5 Å². The van der Waals surface area contributed by atoms with Crippen molar-refractivity contribution in [1.29, 1.82) is 0 Å². The van der Waals surface area contributed by atoms with E-state index in [1.807, 2.05) is 24.3 Å². The fraction of sp³-hybridized carbons (Fsp3) is 0.158. The molecule has 0 bridgehead atoms. The van der Waals surface area contributed by atoms with Crippen molar-refractivity contribution in [1.82, 2.24) is 5.32 Å². The molecule has 1 unspecified atom stereocenters. The zero-order valence-electron chi connectivity index (χ0n) is 14.8. The van der Waals surface area contributed by atoms with Crippen molar-refractivity contribution in [2.24, 2.45) is 10.2 Å². The number of amidine groups is 1. The van der Waals surface area contributed by atoms with Gasteiger partial charge in [0.1, 0.15) is 17.6 Å². The van der Waals surface area contributed by atoms with E-state index in [0.717, 1.165) is 17.3 Å². The van der Waals surface area contributed by atoms with Crippen molar-refractivity contribution < 1.29 is 19.4 Å². The summed E-state index contributed by atoms with van der Waals surface area (Å²) in [5.74, 6) is -0.846. The number of halogens is 2. The molecule has 150 valence electrons. The molecule has 0 aliphatic carbocycles. The average Bonchev–Trinajstić information content (AvgIpc) is 3.02. The molecule has 0 spiro atoms. The molecule has 1 heterocycles. The summed E-state index contributed by atoms with van der Waals surface area (Å²) >= 11 is 13.0. The highest BCUT2D eigenvalue weighted by Crippen LogP contribution is 2.25. The fourth-order valence-corrected chi connectivity index (χ4v) is 3.63. The first-order chi connectivity index (χ1) is 13.9. The van der Waals surface area contributed by atoms with Gasteiger partial charge in [0, 0.05) is 5.56 Å². The zero-order chi connectivity index (χ0) is 20.8. The van der Waals surface area contributed by atoms with Crippen molar-refractivity contribution >= 4 is 58.2 Å². The molecule has 2 aromatic carbocycles. The number of nitrogens with one attached hydrogen (secondary N) is 1. The highest BCUT2D eigenvalue weighted by molar-refractivity contribution is 8.15. The second-order valence-electron chi connectivity index (χ2n) is 5.92. The number of nitrogens with zero attached hydrogens (tertiary/aromatic N) is 2. The van der Waals surface area contributed by atoms with Crippen LogP contribution >= 0.6 is 35.0 Å². The van der Waals surface area contributed by atoms with E-state index in [-0.39, 0.29) is 11.6 Å². The Morgan fingerprint density at radius 3 is 2.79 bits per heavy atom. The van der Waals surface area contributed by atoms with Crippen LogP contribution in [0.25, 0.3) is 0 Å². The van der Waals surface area contributed by atoms with Gasteiger partial charge in [-0.3, -0.25) is 9.59 Å². The van der Waals surface area contributed by atoms with Crippen LogP contribution in [0.1, 0.15) is 17.5 Å². The summed E-state index contributed by atoms with van der Waals surface area (Å²) in [7, 11) is 0. The lowest BCUT2D eigenvalue weighted by atomic mass is 10.2. The minimum absolute atomic E-state index is 0.256. The van der Waals surface area contributed by atoms with Crippen LogP contribution in [0.5, 0.6) is 5.75 Å². The third-order valence-corrected chi connectivity index (χ3v) is 5.59. The molecule has 2 N–H and O–H groups in total. The van der Waals surface area contributed by atoms with Crippen LogP contribution in [0.4, 0.5) is 0 Å². The summed E-state index contributed by atoms with van der Waals surface area (Å²) in [6.07, 6.45) is 1.22. The number of amides is 1. The van der Waals surface area contributed by atoms with E-state index >= 15 is 0 Å². The molecule has 1 fully saturated rings. The Hall–Kier alpha value is -2.55. The Morgan fingerprint density at radius 2 is 2.03 bits per heavy atom. The zero-order valence-corrected chi connectivity index (χ0v) is 17.2. The average molecular weight is 452 g/mol. The number of carboxylic acid groups (broad SMARTS) is 1. The molecule has 0 aromatic heterocycles. The Bertz CT molecular complexity index is 997. The largest absolute Gasteiger partial charge is 0.488 e. The lowest BCUT2D eigenvalue weighted by Crippen LogP contribution is -2.26. The Morgan fingerprint density at radius 1 is 1.24 bits per heavy atom. The molecule has 2 aromatic rings. The van der Waals surface area contributed by atoms with Gasteiger partial charge < -0.3 is 15.2 Å². The maximum Gasteiger partial charge on any atom is 0.305 e. The van der Waals surface area contributed by atoms with E-state index in [0.29, 0.717) is 28.0 Å². The number of para-hydroxylation sites is 1. The molecular formula is C19H15Cl2N3O4S. The highest BCUT2D eigenvalue weighted by Gasteiger charge is 2.32. The number of ether oxygens (including phenoxy) is 1. The van der Waals surface area contributed by atoms with Crippen LogP contribution in [0, 0.1) is 0 Å². The van der Waals surface area contributed by atoms with Crippen LogP contribution in [0.3, 0.4) is 0 Å². The molecule has 3 rings (SSSR count). The minimum Gasteiger partial charge on any atom is -0.488 e. The number of carboxylic acids is 1. The van der Waals surface area contributed by atoms with E-state index < -0.39 is 17.1 Å². The molecule has 1 aliphatic heterocycles. The van der Waals surface area contributed by atoms with Gasteiger partial charge in [-0.15, -0.1) is 5.10 Å². The standard InChI is InChI=1S/C19H15Cl2N3O4S/c20-13-6-5-11(7-14(13)21)10-28-15-4-2-1-3-12(15)9-22-24-19-23-18(27)16(29-19)8-17(25)26/h1-7,9,16H,8,10H2,(H,25,26)(H,23,24,27). The molecule has 10 heteroatoms. The van der Waals surface area contributed by atoms with Gasteiger partial charge in [-0.25, -0.2) is 0 Å². The summed E-state index contributed by atoms with van der Waals surface area (Å²) in [5, 5.41) is 19.7. The summed E-state index contributed by atoms with van der Waals surface area (Å²) in [4.78, 5) is 22.5. The lowest BCUT2D eigenvalue weighted by Gasteiger charge is -2.09. The highest BCUT2D eigenvalue weighted by atomic mass is 35.5. The summed E-state index contributed by atoms with van der Waals surface area (Å²) < 4.78 is 5.84. The molecular weight excluding hydrogens is 437 g/mol. The molecule has 0 saturated carbocycles. The first kappa shape index (κ1) is 21.2. The second kappa shape index (κ2) is 9.78. The number of hydrogen-bond donors (Lipinski definition) is 2. The Balaban J connectivity index is 1.65. The van der Waals surface area contributed by atoms with Crippen LogP contribution < -0.4 is 10.1 Å². The predicted molar refractivity (Wildman–Crippen MR) is 114 cm³/mol. The van der Waals surface area contributed by atoms with E-state index in [4.69, 9.17) is 33.0 Å². The Kier molecular flexibility index (Phi) is 7.13.